The highest BCUT2D eigenvalue weighted by molar-refractivity contribution is 6.00. The molecule has 98 valence electrons. The van der Waals surface area contributed by atoms with Gasteiger partial charge in [-0.2, -0.15) is 0 Å². The maximum Gasteiger partial charge on any atom is 0.337 e. The van der Waals surface area contributed by atoms with Crippen molar-refractivity contribution >= 4 is 17.7 Å². The molecule has 0 saturated heterocycles. The van der Waals surface area contributed by atoms with Crippen LogP contribution in [0.25, 0.3) is 0 Å². The van der Waals surface area contributed by atoms with Crippen LogP contribution in [-0.2, 0) is 0 Å². The number of halogens is 2. The number of hydrogen-bond donors (Lipinski definition) is 3. The summed E-state index contributed by atoms with van der Waals surface area (Å²) in [6.45, 7) is 2.22. The number of amides is 2. The van der Waals surface area contributed by atoms with Crippen molar-refractivity contribution in [3.63, 3.8) is 0 Å². The average molecular weight is 258 g/mol. The lowest BCUT2D eigenvalue weighted by atomic mass is 10.1. The zero-order valence-electron chi connectivity index (χ0n) is 9.59. The summed E-state index contributed by atoms with van der Waals surface area (Å²) in [6.07, 6.45) is 0.691. The van der Waals surface area contributed by atoms with Gasteiger partial charge in [0.05, 0.1) is 11.3 Å². The summed E-state index contributed by atoms with van der Waals surface area (Å²) in [5, 5.41) is 13.4. The first kappa shape index (κ1) is 13.9. The molecule has 1 aromatic rings. The molecule has 5 nitrogen and oxygen atoms in total. The van der Waals surface area contributed by atoms with E-state index in [4.69, 9.17) is 5.11 Å². The van der Waals surface area contributed by atoms with Crippen LogP contribution in [0.5, 0.6) is 0 Å². The molecule has 0 fully saturated rings. The van der Waals surface area contributed by atoms with Crippen LogP contribution in [0, 0.1) is 11.6 Å². The van der Waals surface area contributed by atoms with Crippen LogP contribution in [0.15, 0.2) is 12.1 Å². The number of nitrogens with one attached hydrogen (secondary N) is 2. The van der Waals surface area contributed by atoms with Gasteiger partial charge >= 0.3 is 12.0 Å². The molecule has 7 heteroatoms. The van der Waals surface area contributed by atoms with E-state index in [1.807, 2.05) is 6.92 Å². The van der Waals surface area contributed by atoms with Crippen LogP contribution < -0.4 is 10.6 Å². The number of rotatable bonds is 4. The molecule has 3 N–H and O–H groups in total. The Kier molecular flexibility index (Phi) is 4.59. The minimum atomic E-state index is -1.46. The number of carboxylic acid groups (broad SMARTS) is 1. The quantitative estimate of drug-likeness (QED) is 0.774. The number of anilines is 1. The molecule has 0 unspecified atom stereocenters. The number of aromatic carboxylic acids is 1. The third-order valence-corrected chi connectivity index (χ3v) is 2.07. The summed E-state index contributed by atoms with van der Waals surface area (Å²) in [5.41, 5.74) is -0.810. The Morgan fingerprint density at radius 2 is 1.89 bits per heavy atom. The van der Waals surface area contributed by atoms with Crippen molar-refractivity contribution in [3.8, 4) is 0 Å². The van der Waals surface area contributed by atoms with Crippen LogP contribution in [0.4, 0.5) is 19.3 Å². The van der Waals surface area contributed by atoms with E-state index >= 15 is 0 Å². The van der Waals surface area contributed by atoms with Crippen LogP contribution in [0.3, 0.4) is 0 Å². The van der Waals surface area contributed by atoms with E-state index in [0.29, 0.717) is 25.1 Å². The molecule has 1 rings (SSSR count). The largest absolute Gasteiger partial charge is 0.478 e. The van der Waals surface area contributed by atoms with Gasteiger partial charge in [-0.15, -0.1) is 0 Å². The fourth-order valence-electron chi connectivity index (χ4n) is 1.23. The van der Waals surface area contributed by atoms with Gasteiger partial charge in [-0.3, -0.25) is 0 Å². The summed E-state index contributed by atoms with van der Waals surface area (Å²) < 4.78 is 25.9. The molecule has 0 bridgehead atoms. The van der Waals surface area contributed by atoms with Gasteiger partial charge in [-0.05, 0) is 12.5 Å². The predicted molar refractivity (Wildman–Crippen MR) is 60.6 cm³/mol. The molecular formula is C11H12F2N2O3. The zero-order chi connectivity index (χ0) is 13.7. The van der Waals surface area contributed by atoms with Gasteiger partial charge in [0.15, 0.2) is 11.6 Å². The number of carbonyl (C=O) groups excluding carboxylic acids is 1. The third-order valence-electron chi connectivity index (χ3n) is 2.07. The lowest BCUT2D eigenvalue weighted by Crippen LogP contribution is -2.30. The molecule has 0 atom stereocenters. The maximum atomic E-state index is 13.0. The normalized spacial score (nSPS) is 9.94. The Balaban J connectivity index is 2.96. The predicted octanol–water partition coefficient (Wildman–Crippen LogP) is 2.19. The van der Waals surface area contributed by atoms with Crippen LogP contribution in [0.1, 0.15) is 23.7 Å². The minimum Gasteiger partial charge on any atom is -0.478 e. The Labute approximate surface area is 102 Å². The van der Waals surface area contributed by atoms with Gasteiger partial charge in [-0.25, -0.2) is 18.4 Å². The number of benzene rings is 1. The second-order valence-electron chi connectivity index (χ2n) is 3.50. The van der Waals surface area contributed by atoms with Crippen molar-refractivity contribution in [2.45, 2.75) is 13.3 Å². The van der Waals surface area contributed by atoms with E-state index in [1.165, 1.54) is 0 Å². The highest BCUT2D eigenvalue weighted by Gasteiger charge is 2.16. The summed E-state index contributed by atoms with van der Waals surface area (Å²) in [4.78, 5) is 22.1. The summed E-state index contributed by atoms with van der Waals surface area (Å²) in [6, 6.07) is 0.475. The monoisotopic (exact) mass is 258 g/mol. The van der Waals surface area contributed by atoms with Crippen molar-refractivity contribution in [2.24, 2.45) is 0 Å². The molecule has 0 aliphatic rings. The van der Waals surface area contributed by atoms with E-state index in [9.17, 15) is 18.4 Å². The van der Waals surface area contributed by atoms with Crippen LogP contribution in [0.2, 0.25) is 0 Å². The Bertz CT molecular complexity index is 478. The number of carboxylic acids is 1. The standard InChI is InChI=1S/C11H12F2N2O3/c1-2-3-14-11(18)15-9-5-8(13)7(12)4-6(9)10(16)17/h4-5H,2-3H2,1H3,(H,16,17)(H2,14,15,18). The zero-order valence-corrected chi connectivity index (χ0v) is 9.59. The van der Waals surface area contributed by atoms with E-state index in [1.54, 1.807) is 0 Å². The van der Waals surface area contributed by atoms with Crippen molar-refractivity contribution in [1.82, 2.24) is 5.32 Å². The molecule has 0 aromatic heterocycles. The van der Waals surface area contributed by atoms with E-state index < -0.39 is 29.2 Å². The van der Waals surface area contributed by atoms with E-state index in [-0.39, 0.29) is 5.69 Å². The van der Waals surface area contributed by atoms with Crippen LogP contribution >= 0.6 is 0 Å². The van der Waals surface area contributed by atoms with Gasteiger partial charge in [0.1, 0.15) is 0 Å². The topological polar surface area (TPSA) is 78.4 Å². The van der Waals surface area contributed by atoms with Crippen molar-refractivity contribution in [1.29, 1.82) is 0 Å². The number of urea groups is 1. The smallest absolute Gasteiger partial charge is 0.337 e. The van der Waals surface area contributed by atoms with E-state index in [2.05, 4.69) is 10.6 Å². The average Bonchev–Trinajstić information content (AvgIpc) is 2.30. The third kappa shape index (κ3) is 3.41. The highest BCUT2D eigenvalue weighted by atomic mass is 19.2. The molecule has 1 aromatic carbocycles. The van der Waals surface area contributed by atoms with Gasteiger partial charge in [0.25, 0.3) is 0 Å². The summed E-state index contributed by atoms with van der Waals surface area (Å²) in [5.74, 6) is -3.97. The molecule has 0 saturated carbocycles. The van der Waals surface area contributed by atoms with Crippen molar-refractivity contribution in [3.05, 3.63) is 29.3 Å². The van der Waals surface area contributed by atoms with Gasteiger partial charge < -0.3 is 15.7 Å². The molecule has 0 aliphatic heterocycles. The SMILES string of the molecule is CCCNC(=O)Nc1cc(F)c(F)cc1C(=O)O. The summed E-state index contributed by atoms with van der Waals surface area (Å²) in [7, 11) is 0. The number of hydrogen-bond acceptors (Lipinski definition) is 2. The molecule has 0 heterocycles. The van der Waals surface area contributed by atoms with Crippen LogP contribution in [-0.4, -0.2) is 23.7 Å². The lowest BCUT2D eigenvalue weighted by Gasteiger charge is -2.09. The van der Waals surface area contributed by atoms with Crippen molar-refractivity contribution < 1.29 is 23.5 Å². The fourth-order valence-corrected chi connectivity index (χ4v) is 1.23. The van der Waals surface area contributed by atoms with Gasteiger partial charge in [0.2, 0.25) is 0 Å². The first-order chi connectivity index (χ1) is 8.45. The lowest BCUT2D eigenvalue weighted by molar-refractivity contribution is 0.0697. The van der Waals surface area contributed by atoms with E-state index in [0.717, 1.165) is 0 Å². The molecule has 18 heavy (non-hydrogen) atoms. The van der Waals surface area contributed by atoms with Gasteiger partial charge in [-0.1, -0.05) is 6.92 Å². The second-order valence-corrected chi connectivity index (χ2v) is 3.50. The molecule has 0 radical (unpaired) electrons. The first-order valence-corrected chi connectivity index (χ1v) is 5.23. The van der Waals surface area contributed by atoms with Crippen molar-refractivity contribution in [2.75, 3.05) is 11.9 Å². The minimum absolute atomic E-state index is 0.296. The molecule has 0 spiro atoms. The first-order valence-electron chi connectivity index (χ1n) is 5.23. The Morgan fingerprint density at radius 1 is 1.28 bits per heavy atom. The molecular weight excluding hydrogens is 246 g/mol. The number of carbonyl (C=O) groups is 2. The molecule has 2 amide bonds. The fraction of sp³-hybridized carbons (Fsp3) is 0.273. The maximum absolute atomic E-state index is 13.0. The Morgan fingerprint density at radius 3 is 2.44 bits per heavy atom. The van der Waals surface area contributed by atoms with Gasteiger partial charge in [0, 0.05) is 12.6 Å². The summed E-state index contributed by atoms with van der Waals surface area (Å²) >= 11 is 0. The Hall–Kier alpha value is -2.18. The highest BCUT2D eigenvalue weighted by Crippen LogP contribution is 2.20. The molecule has 0 aliphatic carbocycles. The second kappa shape index (κ2) is 5.95.